The van der Waals surface area contributed by atoms with E-state index in [4.69, 9.17) is 15.2 Å². The molecule has 0 radical (unpaired) electrons. The first-order chi connectivity index (χ1) is 9.74. The van der Waals surface area contributed by atoms with Crippen LogP contribution in [0.1, 0.15) is 18.2 Å². The van der Waals surface area contributed by atoms with Crippen LogP contribution in [0.4, 0.5) is 0 Å². The predicted molar refractivity (Wildman–Crippen MR) is 78.0 cm³/mol. The first-order valence-corrected chi connectivity index (χ1v) is 6.82. The van der Waals surface area contributed by atoms with Gasteiger partial charge < -0.3 is 15.2 Å². The van der Waals surface area contributed by atoms with Gasteiger partial charge in [0.1, 0.15) is 6.61 Å². The molecule has 20 heavy (non-hydrogen) atoms. The molecule has 1 heterocycles. The third kappa shape index (κ3) is 3.51. The van der Waals surface area contributed by atoms with Crippen molar-refractivity contribution in [2.24, 2.45) is 5.73 Å². The molecule has 1 aromatic carbocycles. The summed E-state index contributed by atoms with van der Waals surface area (Å²) in [7, 11) is 0. The predicted octanol–water partition coefficient (Wildman–Crippen LogP) is 2.13. The zero-order valence-electron chi connectivity index (χ0n) is 12.0. The number of nitrogens with two attached hydrogens (primary N) is 1. The second-order valence-corrected chi connectivity index (χ2v) is 4.44. The van der Waals surface area contributed by atoms with Gasteiger partial charge in [-0.1, -0.05) is 12.1 Å². The molecule has 0 fully saturated rings. The number of para-hydroxylation sites is 2. The van der Waals surface area contributed by atoms with Crippen molar-refractivity contribution >= 4 is 0 Å². The van der Waals surface area contributed by atoms with Gasteiger partial charge in [-0.3, -0.25) is 4.68 Å². The lowest BCUT2D eigenvalue weighted by molar-refractivity contribution is 0.262. The smallest absolute Gasteiger partial charge is 0.161 e. The third-order valence-corrected chi connectivity index (χ3v) is 2.99. The second-order valence-electron chi connectivity index (χ2n) is 4.44. The maximum Gasteiger partial charge on any atom is 0.161 e. The number of hydrogen-bond acceptors (Lipinski definition) is 4. The summed E-state index contributed by atoms with van der Waals surface area (Å²) in [6.45, 7) is 6.27. The molecule has 0 aliphatic rings. The van der Waals surface area contributed by atoms with Gasteiger partial charge in [0.2, 0.25) is 0 Å². The highest BCUT2D eigenvalue weighted by molar-refractivity contribution is 5.39. The van der Waals surface area contributed by atoms with Gasteiger partial charge in [-0.05, 0) is 26.0 Å². The van der Waals surface area contributed by atoms with Crippen LogP contribution in [0.5, 0.6) is 11.5 Å². The summed E-state index contributed by atoms with van der Waals surface area (Å²) >= 11 is 0. The van der Waals surface area contributed by atoms with Crippen molar-refractivity contribution < 1.29 is 9.47 Å². The first-order valence-electron chi connectivity index (χ1n) is 6.82. The highest BCUT2D eigenvalue weighted by atomic mass is 16.5. The molecular formula is C15H21N3O2. The molecule has 0 bridgehead atoms. The van der Waals surface area contributed by atoms with Gasteiger partial charge in [-0.15, -0.1) is 0 Å². The zero-order chi connectivity index (χ0) is 14.4. The van der Waals surface area contributed by atoms with E-state index in [1.54, 1.807) is 0 Å². The van der Waals surface area contributed by atoms with Gasteiger partial charge in [0.15, 0.2) is 11.5 Å². The average Bonchev–Trinajstić information content (AvgIpc) is 2.81. The summed E-state index contributed by atoms with van der Waals surface area (Å²) in [5.41, 5.74) is 7.68. The Balaban J connectivity index is 1.92. The van der Waals surface area contributed by atoms with E-state index in [1.807, 2.05) is 49.0 Å². The Bertz CT molecular complexity index is 552. The third-order valence-electron chi connectivity index (χ3n) is 2.99. The Labute approximate surface area is 119 Å². The molecule has 0 aliphatic carbocycles. The number of aromatic nitrogens is 2. The van der Waals surface area contributed by atoms with Gasteiger partial charge in [0.25, 0.3) is 0 Å². The van der Waals surface area contributed by atoms with Gasteiger partial charge in [0, 0.05) is 18.3 Å². The van der Waals surface area contributed by atoms with Crippen LogP contribution < -0.4 is 15.2 Å². The summed E-state index contributed by atoms with van der Waals surface area (Å²) in [5.74, 6) is 1.53. The van der Waals surface area contributed by atoms with Crippen molar-refractivity contribution in [1.29, 1.82) is 0 Å². The second kappa shape index (κ2) is 6.96. The minimum atomic E-state index is 0.514. The molecule has 0 amide bonds. The van der Waals surface area contributed by atoms with E-state index in [0.29, 0.717) is 26.3 Å². The van der Waals surface area contributed by atoms with Gasteiger partial charge in [0.05, 0.1) is 18.8 Å². The number of nitrogens with zero attached hydrogens (tertiary/aromatic N) is 2. The van der Waals surface area contributed by atoms with Gasteiger partial charge >= 0.3 is 0 Å². The molecule has 2 N–H and O–H groups in total. The van der Waals surface area contributed by atoms with E-state index in [1.165, 1.54) is 0 Å². The fourth-order valence-electron chi connectivity index (χ4n) is 1.97. The normalized spacial score (nSPS) is 10.6. The van der Waals surface area contributed by atoms with E-state index in [0.717, 1.165) is 22.8 Å². The van der Waals surface area contributed by atoms with E-state index >= 15 is 0 Å². The molecule has 5 nitrogen and oxygen atoms in total. The van der Waals surface area contributed by atoms with E-state index in [9.17, 15) is 0 Å². The Hall–Kier alpha value is -2.01. The van der Waals surface area contributed by atoms with Crippen LogP contribution in [0.2, 0.25) is 0 Å². The Kier molecular flexibility index (Phi) is 5.01. The lowest BCUT2D eigenvalue weighted by Gasteiger charge is -2.11. The largest absolute Gasteiger partial charge is 0.490 e. The SMILES string of the molecule is CCOc1ccccc1OCCn1cc(CN)c(C)n1. The van der Waals surface area contributed by atoms with Crippen LogP contribution in [0.3, 0.4) is 0 Å². The summed E-state index contributed by atoms with van der Waals surface area (Å²) in [6.07, 6.45) is 1.97. The van der Waals surface area contributed by atoms with Gasteiger partial charge in [-0.25, -0.2) is 0 Å². The topological polar surface area (TPSA) is 62.3 Å². The highest BCUT2D eigenvalue weighted by Gasteiger charge is 2.05. The van der Waals surface area contributed by atoms with Crippen molar-refractivity contribution in [3.8, 4) is 11.5 Å². The quantitative estimate of drug-likeness (QED) is 0.841. The molecule has 0 aliphatic heterocycles. The van der Waals surface area contributed by atoms with Crippen LogP contribution in [-0.4, -0.2) is 23.0 Å². The molecule has 0 saturated carbocycles. The number of hydrogen-bond donors (Lipinski definition) is 1. The Morgan fingerprint density at radius 1 is 1.20 bits per heavy atom. The van der Waals surface area contributed by atoms with Crippen LogP contribution in [0.25, 0.3) is 0 Å². The molecule has 0 saturated heterocycles. The van der Waals surface area contributed by atoms with Crippen LogP contribution in [-0.2, 0) is 13.1 Å². The van der Waals surface area contributed by atoms with Crippen LogP contribution >= 0.6 is 0 Å². The van der Waals surface area contributed by atoms with E-state index in [2.05, 4.69) is 5.10 Å². The number of rotatable bonds is 7. The fourth-order valence-corrected chi connectivity index (χ4v) is 1.97. The van der Waals surface area contributed by atoms with Crippen molar-refractivity contribution in [2.45, 2.75) is 26.9 Å². The van der Waals surface area contributed by atoms with Crippen molar-refractivity contribution in [2.75, 3.05) is 13.2 Å². The first kappa shape index (κ1) is 14.4. The van der Waals surface area contributed by atoms with Crippen molar-refractivity contribution in [1.82, 2.24) is 9.78 Å². The van der Waals surface area contributed by atoms with Crippen molar-refractivity contribution in [3.63, 3.8) is 0 Å². The molecule has 108 valence electrons. The summed E-state index contributed by atoms with van der Waals surface area (Å²) in [4.78, 5) is 0. The van der Waals surface area contributed by atoms with Gasteiger partial charge in [-0.2, -0.15) is 5.10 Å². The maximum atomic E-state index is 5.76. The number of aryl methyl sites for hydroxylation is 1. The molecule has 2 aromatic rings. The summed E-state index contributed by atoms with van der Waals surface area (Å²) < 4.78 is 13.1. The lowest BCUT2D eigenvalue weighted by Crippen LogP contribution is -2.09. The monoisotopic (exact) mass is 275 g/mol. The molecule has 0 spiro atoms. The Morgan fingerprint density at radius 3 is 2.50 bits per heavy atom. The maximum absolute atomic E-state index is 5.76. The number of benzene rings is 1. The zero-order valence-corrected chi connectivity index (χ0v) is 12.0. The molecular weight excluding hydrogens is 254 g/mol. The highest BCUT2D eigenvalue weighted by Crippen LogP contribution is 2.26. The molecule has 2 rings (SSSR count). The van der Waals surface area contributed by atoms with E-state index in [-0.39, 0.29) is 0 Å². The molecule has 5 heteroatoms. The van der Waals surface area contributed by atoms with E-state index < -0.39 is 0 Å². The molecule has 0 atom stereocenters. The number of ether oxygens (including phenoxy) is 2. The standard InChI is InChI=1S/C15H21N3O2/c1-3-19-14-6-4-5-7-15(14)20-9-8-18-11-13(10-16)12(2)17-18/h4-7,11H,3,8-10,16H2,1-2H3. The van der Waals surface area contributed by atoms with Crippen LogP contribution in [0, 0.1) is 6.92 Å². The summed E-state index contributed by atoms with van der Waals surface area (Å²) in [6, 6.07) is 7.68. The molecule has 0 unspecified atom stereocenters. The lowest BCUT2D eigenvalue weighted by atomic mass is 10.3. The minimum Gasteiger partial charge on any atom is -0.490 e. The van der Waals surface area contributed by atoms with Crippen molar-refractivity contribution in [3.05, 3.63) is 41.7 Å². The minimum absolute atomic E-state index is 0.514. The molecule has 1 aromatic heterocycles. The Morgan fingerprint density at radius 2 is 1.90 bits per heavy atom. The fraction of sp³-hybridized carbons (Fsp3) is 0.400. The van der Waals surface area contributed by atoms with Crippen LogP contribution in [0.15, 0.2) is 30.5 Å². The summed E-state index contributed by atoms with van der Waals surface area (Å²) in [5, 5.41) is 4.40. The average molecular weight is 275 g/mol.